The standard InChI is InChI=1S/C20H24N2O3.2C19H22N2O2/c1-5-15-18(24)10-14-12-21-17(13(2)23)11-16(14)19(15)22-8-6-20(3,25-4)7-9-22;1-5-15-16(22)12-14-7-6-13(2)20-17(14)18(15)21-10-8-19(3,23-4)9-11-21;1-4-14-11-16-13(12-20-14)10-17(22)15(5-2)18(16)21-8-6-19(3,23)7-9-21/h1,11-13,23H,6-10H2,2-4H3;1,6-7H,8-12H2,2-4H3;2,11-12,23H,4,6-10H2,1,3H3/i3D3;4D3;3D3. The topological polar surface area (TPSA) is 159 Å². The molecular weight excluding hydrogens is 893 g/mol. The molecular formula is C58H68N6O7. The molecule has 0 saturated carbocycles. The molecule has 372 valence electrons. The Hall–Kier alpha value is -6.40. The number of nitrogens with zero attached hydrogens (tertiary/aromatic N) is 6. The maximum absolute atomic E-state index is 12.6. The van der Waals surface area contributed by atoms with Crippen LogP contribution in [0.15, 0.2) is 53.4 Å². The van der Waals surface area contributed by atoms with Gasteiger partial charge in [0.05, 0.1) is 72.2 Å². The predicted octanol–water partition coefficient (Wildman–Crippen LogP) is 6.43. The van der Waals surface area contributed by atoms with E-state index in [4.69, 9.17) is 41.1 Å². The van der Waals surface area contributed by atoms with E-state index in [1.54, 1.807) is 25.4 Å². The van der Waals surface area contributed by atoms with Crippen molar-refractivity contribution in [3.63, 3.8) is 0 Å². The van der Waals surface area contributed by atoms with E-state index in [0.29, 0.717) is 98.9 Å². The summed E-state index contributed by atoms with van der Waals surface area (Å²) in [6, 6.07) is 7.54. The molecule has 71 heavy (non-hydrogen) atoms. The predicted molar refractivity (Wildman–Crippen MR) is 275 cm³/mol. The van der Waals surface area contributed by atoms with Gasteiger partial charge in [0.2, 0.25) is 0 Å². The number of aliphatic hydroxyl groups is 2. The number of ketones is 3. The summed E-state index contributed by atoms with van der Waals surface area (Å²) in [5.41, 5.74) is 6.47. The molecule has 3 saturated heterocycles. The van der Waals surface area contributed by atoms with E-state index in [9.17, 15) is 24.6 Å². The molecule has 13 nitrogen and oxygen atoms in total. The van der Waals surface area contributed by atoms with Crippen molar-refractivity contribution >= 4 is 34.4 Å². The van der Waals surface area contributed by atoms with Crippen molar-refractivity contribution < 1.29 is 46.4 Å². The van der Waals surface area contributed by atoms with Gasteiger partial charge in [-0.3, -0.25) is 29.3 Å². The van der Waals surface area contributed by atoms with Gasteiger partial charge in [-0.05, 0) is 114 Å². The van der Waals surface area contributed by atoms with Gasteiger partial charge < -0.3 is 34.4 Å². The Morgan fingerprint density at radius 1 is 0.718 bits per heavy atom. The van der Waals surface area contributed by atoms with Crippen molar-refractivity contribution in [2.75, 3.05) is 53.4 Å². The normalized spacial score (nSPS) is 22.9. The number of hydrogen-bond acceptors (Lipinski definition) is 13. The molecule has 0 bridgehead atoms. The third-order valence-corrected chi connectivity index (χ3v) is 14.3. The first-order valence-corrected chi connectivity index (χ1v) is 24.0. The average Bonchev–Trinajstić information content (AvgIpc) is 3.51. The average molecular weight is 970 g/mol. The molecule has 0 amide bonds. The number of terminal acetylenes is 3. The van der Waals surface area contributed by atoms with Crippen molar-refractivity contribution in [1.82, 2.24) is 29.7 Å². The summed E-state index contributed by atoms with van der Waals surface area (Å²) < 4.78 is 79.0. The van der Waals surface area contributed by atoms with Crippen molar-refractivity contribution in [3.8, 4) is 37.0 Å². The van der Waals surface area contributed by atoms with Crippen LogP contribution in [0.1, 0.15) is 142 Å². The van der Waals surface area contributed by atoms with Crippen LogP contribution >= 0.6 is 0 Å². The molecule has 0 radical (unpaired) electrons. The lowest BCUT2D eigenvalue weighted by atomic mass is 9.86. The van der Waals surface area contributed by atoms with E-state index in [1.165, 1.54) is 7.11 Å². The third kappa shape index (κ3) is 11.2. The number of aliphatic hydroxyl groups excluding tert-OH is 1. The minimum absolute atomic E-state index is 0.0762. The molecule has 0 spiro atoms. The lowest BCUT2D eigenvalue weighted by molar-refractivity contribution is -0.115. The molecule has 3 aliphatic carbocycles. The highest BCUT2D eigenvalue weighted by Gasteiger charge is 2.38. The SMILES string of the molecule is [2H]C([2H])([2H])C1(O)CCN(C2=C(C#C)C(=O)Cc3cnc(CC)cc32)CC1.[2H]C([2H])([2H])C1(OC)CCN(C2=C(C#C)C(=O)Cc3cnc(C(C)O)cc32)CC1.[2H]C([2H])([2H])OC1(C)CCN(C2=C(C#C)C(=O)Cc3ccc(C)nc32)CC1. The van der Waals surface area contributed by atoms with E-state index in [-0.39, 0.29) is 55.0 Å². The number of fused-ring (bicyclic) bond motifs is 3. The van der Waals surface area contributed by atoms with Gasteiger partial charge in [-0.1, -0.05) is 30.8 Å². The second-order valence-electron chi connectivity index (χ2n) is 19.2. The van der Waals surface area contributed by atoms with E-state index in [2.05, 4.69) is 32.7 Å². The Balaban J connectivity index is 0.000000174. The minimum Gasteiger partial charge on any atom is -0.390 e. The fourth-order valence-electron chi connectivity index (χ4n) is 9.79. The Labute approximate surface area is 432 Å². The van der Waals surface area contributed by atoms with Crippen LogP contribution in [0.5, 0.6) is 0 Å². The second-order valence-corrected chi connectivity index (χ2v) is 19.2. The van der Waals surface area contributed by atoms with Crippen molar-refractivity contribution in [2.45, 2.75) is 129 Å². The Morgan fingerprint density at radius 3 is 1.70 bits per heavy atom. The van der Waals surface area contributed by atoms with Gasteiger partial charge in [0.15, 0.2) is 17.3 Å². The molecule has 3 fully saturated rings. The number of hydrogen-bond donors (Lipinski definition) is 2. The minimum atomic E-state index is -2.43. The molecule has 3 aromatic heterocycles. The number of carbonyl (C=O) groups is 3. The van der Waals surface area contributed by atoms with Crippen LogP contribution in [0, 0.1) is 44.0 Å². The maximum atomic E-state index is 12.6. The van der Waals surface area contributed by atoms with Gasteiger partial charge in [0.1, 0.15) is 0 Å². The van der Waals surface area contributed by atoms with Gasteiger partial charge in [0.25, 0.3) is 0 Å². The summed E-state index contributed by atoms with van der Waals surface area (Å²) in [4.78, 5) is 56.7. The smallest absolute Gasteiger partial charge is 0.177 e. The number of aromatic nitrogens is 3. The van der Waals surface area contributed by atoms with Crippen molar-refractivity contribution in [2.24, 2.45) is 0 Å². The van der Waals surface area contributed by atoms with Gasteiger partial charge in [-0.15, -0.1) is 19.3 Å². The number of Topliss-reactive ketones (excluding diaryl/α,β-unsaturated/α-hetero) is 3. The van der Waals surface area contributed by atoms with E-state index >= 15 is 0 Å². The molecule has 3 aromatic rings. The van der Waals surface area contributed by atoms with Crippen molar-refractivity contribution in [3.05, 3.63) is 104 Å². The molecule has 1 unspecified atom stereocenters. The van der Waals surface area contributed by atoms with Gasteiger partial charge in [-0.2, -0.15) is 0 Å². The molecule has 6 heterocycles. The van der Waals surface area contributed by atoms with Crippen LogP contribution in [0.3, 0.4) is 0 Å². The van der Waals surface area contributed by atoms with Crippen LogP contribution in [0.25, 0.3) is 17.1 Å². The molecule has 6 aliphatic rings. The van der Waals surface area contributed by atoms with Gasteiger partial charge in [-0.25, -0.2) is 0 Å². The van der Waals surface area contributed by atoms with Crippen LogP contribution in [0.2, 0.25) is 0 Å². The highest BCUT2D eigenvalue weighted by molar-refractivity contribution is 6.11. The summed E-state index contributed by atoms with van der Waals surface area (Å²) in [7, 11) is -1.000. The first-order valence-electron chi connectivity index (χ1n) is 28.5. The Kier molecular flexibility index (Phi) is 12.5. The zero-order valence-corrected chi connectivity index (χ0v) is 41.2. The molecule has 1 atom stereocenters. The summed E-state index contributed by atoms with van der Waals surface area (Å²) in [5.74, 6) is 7.23. The highest BCUT2D eigenvalue weighted by atomic mass is 16.5. The molecule has 13 heteroatoms. The van der Waals surface area contributed by atoms with Crippen LogP contribution < -0.4 is 0 Å². The quantitative estimate of drug-likeness (QED) is 0.250. The van der Waals surface area contributed by atoms with E-state index in [0.717, 1.165) is 51.3 Å². The number of methoxy groups -OCH3 is 2. The first-order chi connectivity index (χ1) is 37.4. The zero-order valence-electron chi connectivity index (χ0n) is 50.2. The fourth-order valence-corrected chi connectivity index (χ4v) is 9.79. The lowest BCUT2D eigenvalue weighted by Crippen LogP contribution is -2.44. The van der Waals surface area contributed by atoms with Crippen LogP contribution in [-0.4, -0.2) is 127 Å². The molecule has 3 aliphatic heterocycles. The number of rotatable bonds is 7. The van der Waals surface area contributed by atoms with Crippen LogP contribution in [0.4, 0.5) is 0 Å². The number of piperidine rings is 3. The molecule has 0 aromatic carbocycles. The number of carbonyl (C=O) groups excluding carboxylic acids is 3. The van der Waals surface area contributed by atoms with Crippen molar-refractivity contribution in [1.29, 1.82) is 0 Å². The zero-order chi connectivity index (χ0) is 58.9. The largest absolute Gasteiger partial charge is 0.390 e. The number of likely N-dealkylation sites (tertiary alicyclic amines) is 3. The lowest BCUT2D eigenvalue weighted by Gasteiger charge is -2.41. The maximum Gasteiger partial charge on any atom is 0.177 e. The fraction of sp³-hybridized carbons (Fsp3) is 0.483. The number of aryl methyl sites for hydroxylation is 2. The Bertz CT molecular complexity index is 3150. The summed E-state index contributed by atoms with van der Waals surface area (Å²) in [6.07, 6.45) is 22.8. The first kappa shape index (κ1) is 41.2. The number of ether oxygens (including phenoxy) is 2. The third-order valence-electron chi connectivity index (χ3n) is 14.3. The van der Waals surface area contributed by atoms with E-state index in [1.807, 2.05) is 53.7 Å². The summed E-state index contributed by atoms with van der Waals surface area (Å²) in [6.45, 7) is 5.23. The molecule has 9 rings (SSSR count). The number of pyridine rings is 3. The summed E-state index contributed by atoms with van der Waals surface area (Å²) in [5, 5.41) is 20.4. The van der Waals surface area contributed by atoms with Gasteiger partial charge in [0, 0.05) is 116 Å². The Morgan fingerprint density at radius 2 is 1.21 bits per heavy atom. The number of allylic oxidation sites excluding steroid dienone is 3. The summed E-state index contributed by atoms with van der Waals surface area (Å²) >= 11 is 0. The van der Waals surface area contributed by atoms with E-state index < -0.39 is 43.6 Å². The highest BCUT2D eigenvalue weighted by Crippen LogP contribution is 2.39. The monoisotopic (exact) mass is 970 g/mol. The second kappa shape index (κ2) is 21.5. The van der Waals surface area contributed by atoms with Crippen LogP contribution in [-0.2, 0) is 49.5 Å². The van der Waals surface area contributed by atoms with Gasteiger partial charge >= 0.3 is 0 Å². The molecule has 2 N–H and O–H groups in total.